The van der Waals surface area contributed by atoms with E-state index in [9.17, 15) is 9.59 Å². The van der Waals surface area contributed by atoms with Crippen molar-refractivity contribution >= 4 is 17.5 Å². The molecule has 32 heavy (non-hydrogen) atoms. The Labute approximate surface area is 190 Å². The highest BCUT2D eigenvalue weighted by molar-refractivity contribution is 5.89. The number of carbonyl (C=O) groups is 2. The Morgan fingerprint density at radius 2 is 1.50 bits per heavy atom. The summed E-state index contributed by atoms with van der Waals surface area (Å²) in [5.41, 5.74) is 6.10. The zero-order valence-electron chi connectivity index (χ0n) is 19.5. The standard InChI is InChI=1S/C28H30O4/c1-8-22-17-25(32-28(30)19(4)5)15-16-26(22)24-13-11-23(12-14-24)20(6)9-10-21(7)31-27(29)18(2)3/h9-17H,2,4,8H2,1,3,5-7H3/b20-9+,21-10+. The summed E-state index contributed by atoms with van der Waals surface area (Å²) in [5.74, 6) is 0.170. The van der Waals surface area contributed by atoms with E-state index in [1.807, 2.05) is 25.1 Å². The lowest BCUT2D eigenvalue weighted by molar-refractivity contribution is -0.135. The fourth-order valence-electron chi connectivity index (χ4n) is 2.92. The molecule has 0 aliphatic heterocycles. The van der Waals surface area contributed by atoms with Crippen LogP contribution in [0.2, 0.25) is 0 Å². The van der Waals surface area contributed by atoms with Crippen molar-refractivity contribution in [2.75, 3.05) is 0 Å². The lowest BCUT2D eigenvalue weighted by Crippen LogP contribution is -2.08. The van der Waals surface area contributed by atoms with Gasteiger partial charge in [-0.25, -0.2) is 9.59 Å². The van der Waals surface area contributed by atoms with Crippen LogP contribution in [0.15, 0.2) is 84.7 Å². The molecule has 4 nitrogen and oxygen atoms in total. The largest absolute Gasteiger partial charge is 0.428 e. The molecule has 2 aromatic rings. The van der Waals surface area contributed by atoms with Gasteiger partial charge in [0.05, 0.1) is 0 Å². The molecule has 0 radical (unpaired) electrons. The second-order valence-electron chi connectivity index (χ2n) is 7.72. The van der Waals surface area contributed by atoms with Crippen LogP contribution in [0.5, 0.6) is 5.75 Å². The maximum Gasteiger partial charge on any atom is 0.338 e. The van der Waals surface area contributed by atoms with Crippen LogP contribution in [0.3, 0.4) is 0 Å². The first-order valence-electron chi connectivity index (χ1n) is 10.5. The third-order valence-electron chi connectivity index (χ3n) is 4.84. The normalized spacial score (nSPS) is 11.7. The quantitative estimate of drug-likeness (QED) is 0.151. The number of ether oxygens (including phenoxy) is 2. The Morgan fingerprint density at radius 3 is 2.06 bits per heavy atom. The number of rotatable bonds is 8. The molecular formula is C28H30O4. The second kappa shape index (κ2) is 11.1. The van der Waals surface area contributed by atoms with Crippen molar-refractivity contribution in [3.8, 4) is 16.9 Å². The molecule has 2 rings (SSSR count). The highest BCUT2D eigenvalue weighted by Gasteiger charge is 2.10. The molecule has 0 unspecified atom stereocenters. The van der Waals surface area contributed by atoms with Crippen molar-refractivity contribution in [1.82, 2.24) is 0 Å². The molecule has 0 N–H and O–H groups in total. The summed E-state index contributed by atoms with van der Waals surface area (Å²) in [5, 5.41) is 0. The van der Waals surface area contributed by atoms with Gasteiger partial charge in [-0.1, -0.05) is 56.5 Å². The lowest BCUT2D eigenvalue weighted by atomic mass is 9.96. The molecule has 0 atom stereocenters. The van der Waals surface area contributed by atoms with Gasteiger partial charge >= 0.3 is 11.9 Å². The molecule has 0 saturated carbocycles. The van der Waals surface area contributed by atoms with Crippen LogP contribution < -0.4 is 4.74 Å². The summed E-state index contributed by atoms with van der Waals surface area (Å²) in [6.07, 6.45) is 4.49. The number of benzene rings is 2. The molecule has 0 bridgehead atoms. The van der Waals surface area contributed by atoms with E-state index in [0.717, 1.165) is 34.2 Å². The SMILES string of the molecule is C=C(C)C(=O)O/C(C)=C/C=C(\C)c1ccc(-c2ccc(OC(=O)C(=C)C)cc2CC)cc1. The van der Waals surface area contributed by atoms with Crippen molar-refractivity contribution in [2.24, 2.45) is 0 Å². The molecule has 0 heterocycles. The maximum atomic E-state index is 11.8. The Kier molecular flexibility index (Phi) is 8.54. The van der Waals surface area contributed by atoms with Gasteiger partial charge in [0.25, 0.3) is 0 Å². The molecule has 0 fully saturated rings. The summed E-state index contributed by atoms with van der Waals surface area (Å²) < 4.78 is 10.5. The molecule has 0 saturated heterocycles. The fourth-order valence-corrected chi connectivity index (χ4v) is 2.92. The molecule has 0 spiro atoms. The van der Waals surface area contributed by atoms with E-state index in [1.54, 1.807) is 32.9 Å². The highest BCUT2D eigenvalue weighted by Crippen LogP contribution is 2.29. The third kappa shape index (κ3) is 6.67. The van der Waals surface area contributed by atoms with Gasteiger partial charge in [-0.3, -0.25) is 0 Å². The Morgan fingerprint density at radius 1 is 0.875 bits per heavy atom. The fraction of sp³-hybridized carbons (Fsp3) is 0.214. The van der Waals surface area contributed by atoms with Crippen molar-refractivity contribution in [3.63, 3.8) is 0 Å². The molecule has 166 valence electrons. The number of aryl methyl sites for hydroxylation is 1. The lowest BCUT2D eigenvalue weighted by Gasteiger charge is -2.12. The third-order valence-corrected chi connectivity index (χ3v) is 4.84. The van der Waals surface area contributed by atoms with Crippen LogP contribution in [-0.2, 0) is 20.7 Å². The first-order valence-corrected chi connectivity index (χ1v) is 10.5. The number of carbonyl (C=O) groups excluding carboxylic acids is 2. The van der Waals surface area contributed by atoms with E-state index in [4.69, 9.17) is 9.47 Å². The van der Waals surface area contributed by atoms with Gasteiger partial charge < -0.3 is 9.47 Å². The molecule has 0 amide bonds. The smallest absolute Gasteiger partial charge is 0.338 e. The van der Waals surface area contributed by atoms with Crippen molar-refractivity contribution < 1.29 is 19.1 Å². The summed E-state index contributed by atoms with van der Waals surface area (Å²) in [6.45, 7) is 16.2. The van der Waals surface area contributed by atoms with Crippen LogP contribution in [-0.4, -0.2) is 11.9 Å². The van der Waals surface area contributed by atoms with Crippen LogP contribution >= 0.6 is 0 Å². The van der Waals surface area contributed by atoms with Gasteiger partial charge in [0.15, 0.2) is 0 Å². The van der Waals surface area contributed by atoms with Gasteiger partial charge in [-0.15, -0.1) is 0 Å². The zero-order valence-corrected chi connectivity index (χ0v) is 19.5. The van der Waals surface area contributed by atoms with Crippen molar-refractivity contribution in [1.29, 1.82) is 0 Å². The van der Waals surface area contributed by atoms with Crippen LogP contribution in [0.25, 0.3) is 16.7 Å². The molecule has 4 heteroatoms. The summed E-state index contributed by atoms with van der Waals surface area (Å²) >= 11 is 0. The van der Waals surface area contributed by atoms with Gasteiger partial charge in [-0.05, 0) is 80.2 Å². The second-order valence-corrected chi connectivity index (χ2v) is 7.72. The Balaban J connectivity index is 2.21. The molecular weight excluding hydrogens is 400 g/mol. The average Bonchev–Trinajstić information content (AvgIpc) is 2.77. The van der Waals surface area contributed by atoms with Crippen LogP contribution in [0.1, 0.15) is 45.7 Å². The first kappa shape index (κ1) is 24.6. The number of allylic oxidation sites excluding steroid dienone is 4. The molecule has 0 aliphatic carbocycles. The maximum absolute atomic E-state index is 11.8. The highest BCUT2D eigenvalue weighted by atomic mass is 16.5. The minimum atomic E-state index is -0.429. The summed E-state index contributed by atoms with van der Waals surface area (Å²) in [7, 11) is 0. The van der Waals surface area contributed by atoms with Gasteiger partial charge in [0.1, 0.15) is 11.5 Å². The van der Waals surface area contributed by atoms with E-state index in [-0.39, 0.29) is 0 Å². The summed E-state index contributed by atoms with van der Waals surface area (Å²) in [4.78, 5) is 23.4. The molecule has 0 aromatic heterocycles. The van der Waals surface area contributed by atoms with Crippen LogP contribution in [0.4, 0.5) is 0 Å². The van der Waals surface area contributed by atoms with Gasteiger partial charge in [0.2, 0.25) is 0 Å². The van der Waals surface area contributed by atoms with E-state index in [0.29, 0.717) is 22.7 Å². The zero-order chi connectivity index (χ0) is 23.8. The number of hydrogen-bond donors (Lipinski definition) is 0. The van der Waals surface area contributed by atoms with Gasteiger partial charge in [-0.2, -0.15) is 0 Å². The van der Waals surface area contributed by atoms with E-state index < -0.39 is 11.9 Å². The minimum absolute atomic E-state index is 0.363. The average molecular weight is 431 g/mol. The Hall–Kier alpha value is -3.66. The number of hydrogen-bond acceptors (Lipinski definition) is 4. The predicted molar refractivity (Wildman–Crippen MR) is 130 cm³/mol. The monoisotopic (exact) mass is 430 g/mol. The molecule has 2 aromatic carbocycles. The van der Waals surface area contributed by atoms with E-state index >= 15 is 0 Å². The van der Waals surface area contributed by atoms with Gasteiger partial charge in [0, 0.05) is 11.1 Å². The van der Waals surface area contributed by atoms with E-state index in [1.165, 1.54) is 0 Å². The van der Waals surface area contributed by atoms with E-state index in [2.05, 4.69) is 44.3 Å². The van der Waals surface area contributed by atoms with Crippen LogP contribution in [0, 0.1) is 0 Å². The summed E-state index contributed by atoms with van der Waals surface area (Å²) in [6, 6.07) is 13.9. The van der Waals surface area contributed by atoms with Crippen molar-refractivity contribution in [2.45, 2.75) is 41.0 Å². The Bertz CT molecular complexity index is 1100. The first-order chi connectivity index (χ1) is 15.1. The topological polar surface area (TPSA) is 52.6 Å². The number of esters is 2. The minimum Gasteiger partial charge on any atom is -0.428 e. The molecule has 0 aliphatic rings. The predicted octanol–water partition coefficient (Wildman–Crippen LogP) is 6.82. The van der Waals surface area contributed by atoms with Crippen molar-refractivity contribution in [3.05, 3.63) is 95.8 Å².